The molecule has 10 heteroatoms. The molecule has 10 nitrogen and oxygen atoms in total. The molecule has 3 aromatic rings. The number of nitrogens with two attached hydrogens (primary N) is 1. The Hall–Kier alpha value is -4.08. The van der Waals surface area contributed by atoms with Gasteiger partial charge < -0.3 is 20.5 Å². The van der Waals surface area contributed by atoms with Crippen LogP contribution in [0.25, 0.3) is 0 Å². The first-order valence-corrected chi connectivity index (χ1v) is 10.5. The van der Waals surface area contributed by atoms with Gasteiger partial charge >= 0.3 is 6.09 Å². The topological polar surface area (TPSA) is 125 Å². The zero-order valence-corrected chi connectivity index (χ0v) is 19.0. The van der Waals surface area contributed by atoms with E-state index >= 15 is 0 Å². The molecule has 3 N–H and O–H groups in total. The van der Waals surface area contributed by atoms with Crippen LogP contribution in [0, 0.1) is 6.92 Å². The number of hydrogen-bond donors (Lipinski definition) is 2. The number of nitrogens with zero attached hydrogens (tertiary/aromatic N) is 4. The highest BCUT2D eigenvalue weighted by Crippen LogP contribution is 2.35. The highest BCUT2D eigenvalue weighted by atomic mass is 16.6. The first-order valence-electron chi connectivity index (χ1n) is 10.5. The number of benzene rings is 2. The van der Waals surface area contributed by atoms with Crippen molar-refractivity contribution in [2.75, 3.05) is 29.1 Å². The summed E-state index contributed by atoms with van der Waals surface area (Å²) in [5.74, 6) is 0.284. The second kappa shape index (κ2) is 8.45. The van der Waals surface area contributed by atoms with Crippen LogP contribution >= 0.6 is 0 Å². The third-order valence-corrected chi connectivity index (χ3v) is 4.78. The number of carbonyl (C=O) groups excluding carboxylic acids is 2. The van der Waals surface area contributed by atoms with Gasteiger partial charge in [-0.05, 0) is 58.0 Å². The molecule has 2 aromatic carbocycles. The van der Waals surface area contributed by atoms with Gasteiger partial charge in [0.15, 0.2) is 0 Å². The SMILES string of the molecule is Cc1cccc(C(=O)n2nc(Nc3ccc4c(c3)N(C(=O)OC(C)(C)C)CCO4)nc2N)c1. The van der Waals surface area contributed by atoms with Gasteiger partial charge in [-0.1, -0.05) is 17.7 Å². The van der Waals surface area contributed by atoms with E-state index in [2.05, 4.69) is 15.4 Å². The van der Waals surface area contributed by atoms with E-state index in [1.807, 2.05) is 33.8 Å². The van der Waals surface area contributed by atoms with Crippen molar-refractivity contribution in [2.45, 2.75) is 33.3 Å². The number of hydrogen-bond acceptors (Lipinski definition) is 8. The molecule has 0 saturated heterocycles. The normalized spacial score (nSPS) is 13.2. The lowest BCUT2D eigenvalue weighted by Gasteiger charge is -2.31. The Morgan fingerprint density at radius 3 is 2.70 bits per heavy atom. The van der Waals surface area contributed by atoms with Gasteiger partial charge in [0.05, 0.1) is 12.2 Å². The molecule has 0 radical (unpaired) electrons. The lowest BCUT2D eigenvalue weighted by molar-refractivity contribution is 0.0567. The number of rotatable bonds is 3. The number of anilines is 4. The number of aromatic nitrogens is 3. The van der Waals surface area contributed by atoms with Gasteiger partial charge in [0.2, 0.25) is 11.9 Å². The summed E-state index contributed by atoms with van der Waals surface area (Å²) in [6, 6.07) is 12.4. The Morgan fingerprint density at radius 1 is 1.18 bits per heavy atom. The fourth-order valence-corrected chi connectivity index (χ4v) is 3.36. The summed E-state index contributed by atoms with van der Waals surface area (Å²) < 4.78 is 12.2. The predicted molar refractivity (Wildman–Crippen MR) is 124 cm³/mol. The first kappa shape index (κ1) is 22.1. The number of amides is 1. The van der Waals surface area contributed by atoms with Gasteiger partial charge in [-0.15, -0.1) is 5.10 Å². The minimum atomic E-state index is -0.622. The Labute approximate surface area is 191 Å². The summed E-state index contributed by atoms with van der Waals surface area (Å²) >= 11 is 0. The summed E-state index contributed by atoms with van der Waals surface area (Å²) in [6.45, 7) is 8.06. The van der Waals surface area contributed by atoms with Gasteiger partial charge in [-0.25, -0.2) is 4.79 Å². The second-order valence-electron chi connectivity index (χ2n) is 8.67. The molecule has 0 atom stereocenters. The number of nitrogen functional groups attached to an aromatic ring is 1. The van der Waals surface area contributed by atoms with E-state index in [0.717, 1.165) is 10.2 Å². The number of ether oxygens (including phenoxy) is 2. The Bertz CT molecular complexity index is 1210. The molecule has 172 valence electrons. The Balaban J connectivity index is 1.57. The molecule has 0 spiro atoms. The molecule has 33 heavy (non-hydrogen) atoms. The zero-order valence-electron chi connectivity index (χ0n) is 19.0. The molecule has 1 amide bonds. The van der Waals surface area contributed by atoms with E-state index in [1.165, 1.54) is 4.90 Å². The van der Waals surface area contributed by atoms with E-state index in [9.17, 15) is 9.59 Å². The smallest absolute Gasteiger partial charge is 0.415 e. The van der Waals surface area contributed by atoms with Crippen molar-refractivity contribution >= 4 is 35.3 Å². The summed E-state index contributed by atoms with van der Waals surface area (Å²) in [5.41, 5.74) is 7.87. The van der Waals surface area contributed by atoms with E-state index in [0.29, 0.717) is 35.8 Å². The minimum absolute atomic E-state index is 0.0410. The number of carbonyl (C=O) groups is 2. The summed E-state index contributed by atoms with van der Waals surface area (Å²) in [6.07, 6.45) is -0.459. The van der Waals surface area contributed by atoms with E-state index in [1.54, 1.807) is 36.4 Å². The number of aryl methyl sites for hydroxylation is 1. The molecule has 1 aromatic heterocycles. The number of nitrogens with one attached hydrogen (secondary N) is 1. The van der Waals surface area contributed by atoms with Crippen molar-refractivity contribution < 1.29 is 19.1 Å². The van der Waals surface area contributed by atoms with Crippen molar-refractivity contribution in [3.05, 3.63) is 53.6 Å². The number of fused-ring (bicyclic) bond motifs is 1. The first-order chi connectivity index (χ1) is 15.6. The van der Waals surface area contributed by atoms with Crippen molar-refractivity contribution in [1.29, 1.82) is 0 Å². The molecule has 2 heterocycles. The molecule has 0 saturated carbocycles. The molecule has 1 aliphatic rings. The van der Waals surface area contributed by atoms with Gasteiger partial charge in [-0.3, -0.25) is 9.69 Å². The molecule has 0 unspecified atom stereocenters. The van der Waals surface area contributed by atoms with Crippen LogP contribution in [0.15, 0.2) is 42.5 Å². The molecule has 0 fully saturated rings. The van der Waals surface area contributed by atoms with E-state index < -0.39 is 11.7 Å². The summed E-state index contributed by atoms with van der Waals surface area (Å²) in [7, 11) is 0. The molecule has 0 aliphatic carbocycles. The van der Waals surface area contributed by atoms with Crippen LogP contribution in [-0.4, -0.2) is 45.5 Å². The highest BCUT2D eigenvalue weighted by molar-refractivity contribution is 5.97. The van der Waals surface area contributed by atoms with Gasteiger partial charge in [-0.2, -0.15) is 9.67 Å². The molecule has 0 bridgehead atoms. The van der Waals surface area contributed by atoms with Crippen molar-refractivity contribution in [3.63, 3.8) is 0 Å². The average molecular weight is 450 g/mol. The summed E-state index contributed by atoms with van der Waals surface area (Å²) in [4.78, 5) is 31.1. The third kappa shape index (κ3) is 4.89. The van der Waals surface area contributed by atoms with Crippen LogP contribution in [0.3, 0.4) is 0 Å². The zero-order chi connectivity index (χ0) is 23.8. The van der Waals surface area contributed by atoms with Gasteiger partial charge in [0.25, 0.3) is 5.91 Å². The van der Waals surface area contributed by atoms with Gasteiger partial charge in [0, 0.05) is 11.3 Å². The van der Waals surface area contributed by atoms with Crippen LogP contribution in [-0.2, 0) is 4.74 Å². The molecule has 1 aliphatic heterocycles. The standard InChI is InChI=1S/C23H26N6O4/c1-14-6-5-7-15(12-14)19(30)29-20(24)26-21(27-29)25-16-8-9-18-17(13-16)28(10-11-32-18)22(31)33-23(2,3)4/h5-9,12-13H,10-11H2,1-4H3,(H3,24,25,26,27). The fourth-order valence-electron chi connectivity index (χ4n) is 3.36. The molecule has 4 rings (SSSR count). The maximum atomic E-state index is 12.8. The maximum Gasteiger partial charge on any atom is 0.415 e. The van der Waals surface area contributed by atoms with E-state index in [4.69, 9.17) is 15.2 Å². The van der Waals surface area contributed by atoms with Gasteiger partial charge in [0.1, 0.15) is 18.0 Å². The van der Waals surface area contributed by atoms with Crippen LogP contribution in [0.4, 0.5) is 28.1 Å². The third-order valence-electron chi connectivity index (χ3n) is 4.78. The minimum Gasteiger partial charge on any atom is -0.490 e. The lowest BCUT2D eigenvalue weighted by Crippen LogP contribution is -2.41. The van der Waals surface area contributed by atoms with E-state index in [-0.39, 0.29) is 17.8 Å². The predicted octanol–water partition coefficient (Wildman–Crippen LogP) is 3.73. The highest BCUT2D eigenvalue weighted by Gasteiger charge is 2.28. The Morgan fingerprint density at radius 2 is 1.97 bits per heavy atom. The quantitative estimate of drug-likeness (QED) is 0.618. The molecular weight excluding hydrogens is 424 g/mol. The average Bonchev–Trinajstić information content (AvgIpc) is 3.11. The van der Waals surface area contributed by atoms with Crippen LogP contribution < -0.4 is 20.7 Å². The monoisotopic (exact) mass is 450 g/mol. The Kier molecular flexibility index (Phi) is 5.67. The van der Waals surface area contributed by atoms with Crippen molar-refractivity contribution in [2.24, 2.45) is 0 Å². The second-order valence-corrected chi connectivity index (χ2v) is 8.67. The molecular formula is C23H26N6O4. The van der Waals surface area contributed by atoms with Crippen molar-refractivity contribution in [1.82, 2.24) is 14.8 Å². The maximum absolute atomic E-state index is 12.8. The lowest BCUT2D eigenvalue weighted by atomic mass is 10.1. The largest absolute Gasteiger partial charge is 0.490 e. The van der Waals surface area contributed by atoms with Crippen molar-refractivity contribution in [3.8, 4) is 5.75 Å². The van der Waals surface area contributed by atoms with Crippen LogP contribution in [0.1, 0.15) is 36.7 Å². The fraction of sp³-hybridized carbons (Fsp3) is 0.304. The summed E-state index contributed by atoms with van der Waals surface area (Å²) in [5, 5.41) is 7.24. The van der Waals surface area contributed by atoms with Crippen LogP contribution in [0.2, 0.25) is 0 Å². The van der Waals surface area contributed by atoms with Crippen LogP contribution in [0.5, 0.6) is 5.75 Å².